The van der Waals surface area contributed by atoms with Crippen LogP contribution in [0.4, 0.5) is 13.2 Å². The summed E-state index contributed by atoms with van der Waals surface area (Å²) in [5.41, 5.74) is 4.53. The van der Waals surface area contributed by atoms with E-state index in [1.807, 2.05) is 0 Å². The van der Waals surface area contributed by atoms with Crippen LogP contribution in [0.2, 0.25) is 0 Å². The minimum atomic E-state index is -4.49. The number of nitrogens with two attached hydrogens (primary N) is 1. The molecule has 0 fully saturated rings. The van der Waals surface area contributed by atoms with Crippen molar-refractivity contribution in [1.82, 2.24) is 0 Å². The number of hydrogen-bond acceptors (Lipinski definition) is 3. The molecule has 2 aromatic rings. The first-order chi connectivity index (χ1) is 11.3. The molecular weight excluding hydrogens is 323 g/mol. The molecule has 2 aromatic carbocycles. The number of aliphatic hydroxyl groups is 1. The minimum absolute atomic E-state index is 0.0238. The van der Waals surface area contributed by atoms with Crippen molar-refractivity contribution in [1.29, 1.82) is 0 Å². The standard InChI is InChI=1S/C17H16F3NO3/c18-17(19,20)14-7-3-1-5-11(14)9-12(22)10-24-15-8-4-2-6-13(15)16(21)23/h1-8,12,22H,9-10H2,(H2,21,23). The maximum Gasteiger partial charge on any atom is 0.416 e. The van der Waals surface area contributed by atoms with Crippen LogP contribution in [0.25, 0.3) is 0 Å². The molecule has 0 saturated carbocycles. The lowest BCUT2D eigenvalue weighted by Gasteiger charge is -2.17. The highest BCUT2D eigenvalue weighted by molar-refractivity contribution is 5.95. The molecule has 0 aliphatic carbocycles. The van der Waals surface area contributed by atoms with Crippen LogP contribution in [0.3, 0.4) is 0 Å². The number of ether oxygens (including phenoxy) is 1. The summed E-state index contributed by atoms with van der Waals surface area (Å²) in [6, 6.07) is 11.2. The van der Waals surface area contributed by atoms with Gasteiger partial charge in [0.15, 0.2) is 0 Å². The van der Waals surface area contributed by atoms with E-state index in [9.17, 15) is 23.1 Å². The molecular formula is C17H16F3NO3. The van der Waals surface area contributed by atoms with Crippen molar-refractivity contribution in [3.63, 3.8) is 0 Å². The van der Waals surface area contributed by atoms with Crippen molar-refractivity contribution in [3.05, 3.63) is 65.2 Å². The Morgan fingerprint density at radius 1 is 1.12 bits per heavy atom. The van der Waals surface area contributed by atoms with Crippen LogP contribution < -0.4 is 10.5 Å². The Hall–Kier alpha value is -2.54. The maximum absolute atomic E-state index is 12.9. The molecule has 1 atom stereocenters. The van der Waals surface area contributed by atoms with Gasteiger partial charge in [-0.05, 0) is 23.8 Å². The van der Waals surface area contributed by atoms with E-state index in [1.165, 1.54) is 30.3 Å². The van der Waals surface area contributed by atoms with Crippen LogP contribution in [0.1, 0.15) is 21.5 Å². The zero-order valence-electron chi connectivity index (χ0n) is 12.6. The van der Waals surface area contributed by atoms with Gasteiger partial charge in [0.05, 0.1) is 17.2 Å². The lowest BCUT2D eigenvalue weighted by Crippen LogP contribution is -2.23. The number of halogens is 3. The van der Waals surface area contributed by atoms with Crippen LogP contribution >= 0.6 is 0 Å². The van der Waals surface area contributed by atoms with E-state index in [0.29, 0.717) is 0 Å². The molecule has 0 saturated heterocycles. The second-order valence-corrected chi connectivity index (χ2v) is 5.18. The monoisotopic (exact) mass is 339 g/mol. The first-order valence-corrected chi connectivity index (χ1v) is 7.14. The molecule has 0 bridgehead atoms. The van der Waals surface area contributed by atoms with Gasteiger partial charge < -0.3 is 15.6 Å². The highest BCUT2D eigenvalue weighted by Crippen LogP contribution is 2.32. The SMILES string of the molecule is NC(=O)c1ccccc1OCC(O)Cc1ccccc1C(F)(F)F. The second kappa shape index (κ2) is 7.35. The molecule has 3 N–H and O–H groups in total. The van der Waals surface area contributed by atoms with Gasteiger partial charge in [-0.1, -0.05) is 30.3 Å². The highest BCUT2D eigenvalue weighted by atomic mass is 19.4. The normalized spacial score (nSPS) is 12.7. The zero-order valence-corrected chi connectivity index (χ0v) is 12.6. The molecule has 0 spiro atoms. The topological polar surface area (TPSA) is 72.6 Å². The van der Waals surface area contributed by atoms with Gasteiger partial charge in [0.1, 0.15) is 12.4 Å². The predicted molar refractivity (Wildman–Crippen MR) is 81.6 cm³/mol. The summed E-state index contributed by atoms with van der Waals surface area (Å²) in [7, 11) is 0. The molecule has 128 valence electrons. The number of carbonyl (C=O) groups excluding carboxylic acids is 1. The number of alkyl halides is 3. The van der Waals surface area contributed by atoms with Crippen LogP contribution in [0.15, 0.2) is 48.5 Å². The molecule has 4 nitrogen and oxygen atoms in total. The minimum Gasteiger partial charge on any atom is -0.490 e. The molecule has 7 heteroatoms. The summed E-state index contributed by atoms with van der Waals surface area (Å²) in [5.74, 6) is -0.518. The van der Waals surface area contributed by atoms with E-state index in [1.54, 1.807) is 12.1 Å². The predicted octanol–water partition coefficient (Wildman–Crippen LogP) is 2.79. The van der Waals surface area contributed by atoms with Crippen LogP contribution in [0.5, 0.6) is 5.75 Å². The van der Waals surface area contributed by atoms with Gasteiger partial charge in [-0.15, -0.1) is 0 Å². The Labute approximate surface area is 136 Å². The number of benzene rings is 2. The molecule has 24 heavy (non-hydrogen) atoms. The largest absolute Gasteiger partial charge is 0.490 e. The Morgan fingerprint density at radius 3 is 2.42 bits per heavy atom. The smallest absolute Gasteiger partial charge is 0.416 e. The van der Waals surface area contributed by atoms with Gasteiger partial charge in [0.25, 0.3) is 5.91 Å². The maximum atomic E-state index is 12.9. The number of rotatable bonds is 6. The molecule has 0 aliphatic heterocycles. The molecule has 0 radical (unpaired) electrons. The summed E-state index contributed by atoms with van der Waals surface area (Å²) in [5, 5.41) is 9.98. The fraction of sp³-hybridized carbons (Fsp3) is 0.235. The van der Waals surface area contributed by atoms with Crippen molar-refractivity contribution < 1.29 is 27.8 Å². The van der Waals surface area contributed by atoms with Crippen LogP contribution in [-0.2, 0) is 12.6 Å². The first-order valence-electron chi connectivity index (χ1n) is 7.14. The second-order valence-electron chi connectivity index (χ2n) is 5.18. The lowest BCUT2D eigenvalue weighted by atomic mass is 10.0. The molecule has 0 aliphatic rings. The summed E-state index contributed by atoms with van der Waals surface area (Å²) >= 11 is 0. The van der Waals surface area contributed by atoms with Crippen molar-refractivity contribution >= 4 is 5.91 Å². The van der Waals surface area contributed by atoms with Gasteiger partial charge >= 0.3 is 6.18 Å². The summed E-state index contributed by atoms with van der Waals surface area (Å²) in [6.07, 6.45) is -5.89. The number of hydrogen-bond donors (Lipinski definition) is 2. The number of primary amides is 1. The molecule has 0 aromatic heterocycles. The zero-order chi connectivity index (χ0) is 17.7. The quantitative estimate of drug-likeness (QED) is 0.850. The van der Waals surface area contributed by atoms with Crippen LogP contribution in [-0.4, -0.2) is 23.7 Å². The molecule has 0 heterocycles. The van der Waals surface area contributed by atoms with E-state index in [2.05, 4.69) is 0 Å². The number of aliphatic hydroxyl groups excluding tert-OH is 1. The molecule has 1 unspecified atom stereocenters. The Kier molecular flexibility index (Phi) is 5.46. The average molecular weight is 339 g/mol. The summed E-state index contributed by atoms with van der Waals surface area (Å²) < 4.78 is 44.1. The molecule has 2 rings (SSSR count). The van der Waals surface area contributed by atoms with Gasteiger partial charge in [0, 0.05) is 6.42 Å². The number of amides is 1. The van der Waals surface area contributed by atoms with E-state index in [-0.39, 0.29) is 29.9 Å². The fourth-order valence-corrected chi connectivity index (χ4v) is 2.27. The fourth-order valence-electron chi connectivity index (χ4n) is 2.27. The van der Waals surface area contributed by atoms with Crippen molar-refractivity contribution in [2.24, 2.45) is 5.73 Å². The van der Waals surface area contributed by atoms with Crippen molar-refractivity contribution in [3.8, 4) is 5.75 Å². The highest BCUT2D eigenvalue weighted by Gasteiger charge is 2.33. The Bertz CT molecular complexity index is 716. The van der Waals surface area contributed by atoms with Crippen LogP contribution in [0, 0.1) is 0 Å². The van der Waals surface area contributed by atoms with Gasteiger partial charge in [-0.2, -0.15) is 13.2 Å². The van der Waals surface area contributed by atoms with E-state index in [0.717, 1.165) is 6.07 Å². The van der Waals surface area contributed by atoms with E-state index in [4.69, 9.17) is 10.5 Å². The first kappa shape index (κ1) is 17.8. The average Bonchev–Trinajstić information content (AvgIpc) is 2.52. The van der Waals surface area contributed by atoms with Crippen molar-refractivity contribution in [2.75, 3.05) is 6.61 Å². The third kappa shape index (κ3) is 4.48. The Morgan fingerprint density at radius 2 is 1.75 bits per heavy atom. The third-order valence-corrected chi connectivity index (χ3v) is 3.36. The van der Waals surface area contributed by atoms with Gasteiger partial charge in [-0.25, -0.2) is 0 Å². The van der Waals surface area contributed by atoms with Gasteiger partial charge in [0.2, 0.25) is 0 Å². The Balaban J connectivity index is 2.05. The third-order valence-electron chi connectivity index (χ3n) is 3.36. The van der Waals surface area contributed by atoms with Crippen molar-refractivity contribution in [2.45, 2.75) is 18.7 Å². The lowest BCUT2D eigenvalue weighted by molar-refractivity contribution is -0.138. The molecule has 1 amide bonds. The van der Waals surface area contributed by atoms with E-state index < -0.39 is 23.8 Å². The summed E-state index contributed by atoms with van der Waals surface area (Å²) in [4.78, 5) is 11.3. The van der Waals surface area contributed by atoms with E-state index >= 15 is 0 Å². The number of carbonyl (C=O) groups is 1. The summed E-state index contributed by atoms with van der Waals surface area (Å²) in [6.45, 7) is -0.267. The number of para-hydroxylation sites is 1. The van der Waals surface area contributed by atoms with Gasteiger partial charge in [-0.3, -0.25) is 4.79 Å².